The van der Waals surface area contributed by atoms with Crippen LogP contribution in [0.1, 0.15) is 43.9 Å². The lowest BCUT2D eigenvalue weighted by molar-refractivity contribution is -0.131. The molecule has 98 valence electrons. The fourth-order valence-electron chi connectivity index (χ4n) is 2.67. The van der Waals surface area contributed by atoms with Crippen molar-refractivity contribution in [3.63, 3.8) is 0 Å². The van der Waals surface area contributed by atoms with E-state index in [1.165, 1.54) is 5.56 Å². The summed E-state index contributed by atoms with van der Waals surface area (Å²) in [5.41, 5.74) is 8.54. The van der Waals surface area contributed by atoms with Gasteiger partial charge in [-0.25, -0.2) is 0 Å². The molecule has 3 nitrogen and oxygen atoms in total. The van der Waals surface area contributed by atoms with Crippen molar-refractivity contribution in [2.75, 3.05) is 0 Å². The number of carbonyl (C=O) groups excluding carboxylic acids is 1. The largest absolute Gasteiger partial charge is 0.331 e. The van der Waals surface area contributed by atoms with E-state index in [0.717, 1.165) is 12.0 Å². The van der Waals surface area contributed by atoms with Crippen LogP contribution in [0.25, 0.3) is 0 Å². The van der Waals surface area contributed by atoms with Crippen molar-refractivity contribution in [1.29, 1.82) is 0 Å². The van der Waals surface area contributed by atoms with Crippen LogP contribution in [0.3, 0.4) is 0 Å². The Balaban J connectivity index is 2.33. The van der Waals surface area contributed by atoms with Gasteiger partial charge in [0.1, 0.15) is 0 Å². The smallest absolute Gasteiger partial charge is 0.225 e. The average Bonchev–Trinajstić information content (AvgIpc) is 2.64. The van der Waals surface area contributed by atoms with E-state index in [2.05, 4.69) is 45.0 Å². The lowest BCUT2D eigenvalue weighted by atomic mass is 9.98. The molecule has 0 bridgehead atoms. The molecule has 0 aromatic heterocycles. The molecule has 1 aromatic rings. The normalized spacial score (nSPS) is 25.6. The monoisotopic (exact) mass is 246 g/mol. The van der Waals surface area contributed by atoms with Crippen LogP contribution in [0.15, 0.2) is 24.3 Å². The highest BCUT2D eigenvalue weighted by Gasteiger charge is 2.40. The van der Waals surface area contributed by atoms with Crippen molar-refractivity contribution >= 4 is 5.91 Å². The molecule has 0 spiro atoms. The summed E-state index contributed by atoms with van der Waals surface area (Å²) >= 11 is 0. The van der Waals surface area contributed by atoms with Crippen LogP contribution in [-0.4, -0.2) is 22.9 Å². The Kier molecular flexibility index (Phi) is 3.71. The molecule has 3 heteroatoms. The topological polar surface area (TPSA) is 46.3 Å². The van der Waals surface area contributed by atoms with E-state index >= 15 is 0 Å². The summed E-state index contributed by atoms with van der Waals surface area (Å²) < 4.78 is 0. The molecule has 1 heterocycles. The summed E-state index contributed by atoms with van der Waals surface area (Å²) in [4.78, 5) is 14.0. The molecule has 1 aromatic carbocycles. The maximum Gasteiger partial charge on any atom is 0.225 e. The first-order valence-electron chi connectivity index (χ1n) is 6.68. The van der Waals surface area contributed by atoms with E-state index in [4.69, 9.17) is 5.73 Å². The van der Waals surface area contributed by atoms with Gasteiger partial charge in [-0.15, -0.1) is 0 Å². The van der Waals surface area contributed by atoms with Crippen molar-refractivity contribution < 1.29 is 4.79 Å². The van der Waals surface area contributed by atoms with Gasteiger partial charge in [0.25, 0.3) is 0 Å². The van der Waals surface area contributed by atoms with Gasteiger partial charge in [-0.3, -0.25) is 4.79 Å². The Labute approximate surface area is 109 Å². The Bertz CT molecular complexity index is 427. The molecule has 2 N–H and O–H groups in total. The van der Waals surface area contributed by atoms with Crippen LogP contribution in [0, 0.1) is 6.92 Å². The number of hydrogen-bond donors (Lipinski definition) is 1. The van der Waals surface area contributed by atoms with E-state index in [9.17, 15) is 4.79 Å². The SMILES string of the molecule is CCC(C)N1C(=O)CC(N)C1c1ccc(C)cc1. The Morgan fingerprint density at radius 3 is 2.56 bits per heavy atom. The van der Waals surface area contributed by atoms with E-state index in [1.54, 1.807) is 0 Å². The molecule has 0 radical (unpaired) electrons. The molecule has 3 atom stereocenters. The molecule has 1 amide bonds. The number of nitrogens with zero attached hydrogens (tertiary/aromatic N) is 1. The van der Waals surface area contributed by atoms with Crippen molar-refractivity contribution in [1.82, 2.24) is 4.90 Å². The van der Waals surface area contributed by atoms with Crippen molar-refractivity contribution in [2.45, 2.75) is 51.7 Å². The van der Waals surface area contributed by atoms with Gasteiger partial charge in [0.15, 0.2) is 0 Å². The van der Waals surface area contributed by atoms with E-state index in [-0.39, 0.29) is 24.0 Å². The lowest BCUT2D eigenvalue weighted by Crippen LogP contribution is -2.38. The zero-order valence-electron chi connectivity index (χ0n) is 11.4. The summed E-state index contributed by atoms with van der Waals surface area (Å²) in [6.07, 6.45) is 1.42. The first kappa shape index (κ1) is 13.1. The zero-order valence-corrected chi connectivity index (χ0v) is 11.4. The van der Waals surface area contributed by atoms with Gasteiger partial charge in [-0.2, -0.15) is 0 Å². The average molecular weight is 246 g/mol. The molecule has 0 saturated carbocycles. The minimum atomic E-state index is -0.0887. The maximum atomic E-state index is 12.1. The number of likely N-dealkylation sites (tertiary alicyclic amines) is 1. The molecule has 1 aliphatic heterocycles. The van der Waals surface area contributed by atoms with Gasteiger partial charge < -0.3 is 10.6 Å². The van der Waals surface area contributed by atoms with E-state index in [1.807, 2.05) is 4.90 Å². The molecule has 2 rings (SSSR count). The summed E-state index contributed by atoms with van der Waals surface area (Å²) in [5, 5.41) is 0. The first-order valence-corrected chi connectivity index (χ1v) is 6.68. The number of benzene rings is 1. The van der Waals surface area contributed by atoms with Crippen LogP contribution in [-0.2, 0) is 4.79 Å². The molecule has 0 aliphatic carbocycles. The Morgan fingerprint density at radius 2 is 2.00 bits per heavy atom. The fourth-order valence-corrected chi connectivity index (χ4v) is 2.67. The number of carbonyl (C=O) groups is 1. The molecule has 1 saturated heterocycles. The predicted molar refractivity (Wildman–Crippen MR) is 73.1 cm³/mol. The predicted octanol–water partition coefficient (Wildman–Crippen LogP) is 2.39. The second kappa shape index (κ2) is 5.11. The van der Waals surface area contributed by atoms with Gasteiger partial charge in [0.2, 0.25) is 5.91 Å². The van der Waals surface area contributed by atoms with Crippen LogP contribution in [0.4, 0.5) is 0 Å². The third kappa shape index (κ3) is 2.27. The minimum Gasteiger partial charge on any atom is -0.331 e. The van der Waals surface area contributed by atoms with Gasteiger partial charge in [0.05, 0.1) is 6.04 Å². The summed E-state index contributed by atoms with van der Waals surface area (Å²) in [7, 11) is 0. The van der Waals surface area contributed by atoms with Crippen LogP contribution < -0.4 is 5.73 Å². The van der Waals surface area contributed by atoms with Gasteiger partial charge in [-0.1, -0.05) is 36.8 Å². The van der Waals surface area contributed by atoms with Gasteiger partial charge >= 0.3 is 0 Å². The summed E-state index contributed by atoms with van der Waals surface area (Å²) in [6.45, 7) is 6.26. The number of aryl methyl sites for hydroxylation is 1. The third-order valence-electron chi connectivity index (χ3n) is 3.89. The number of amides is 1. The zero-order chi connectivity index (χ0) is 13.3. The highest BCUT2D eigenvalue weighted by molar-refractivity contribution is 5.80. The van der Waals surface area contributed by atoms with Crippen molar-refractivity contribution in [2.24, 2.45) is 5.73 Å². The number of hydrogen-bond acceptors (Lipinski definition) is 2. The van der Waals surface area contributed by atoms with Crippen LogP contribution in [0.2, 0.25) is 0 Å². The standard InChI is InChI=1S/C15H22N2O/c1-4-11(3)17-14(18)9-13(16)15(17)12-7-5-10(2)6-8-12/h5-8,11,13,15H,4,9,16H2,1-3H3. The van der Waals surface area contributed by atoms with Gasteiger partial charge in [-0.05, 0) is 25.8 Å². The van der Waals surface area contributed by atoms with E-state index in [0.29, 0.717) is 6.42 Å². The fraction of sp³-hybridized carbons (Fsp3) is 0.533. The molecule has 1 aliphatic rings. The summed E-state index contributed by atoms with van der Waals surface area (Å²) in [5.74, 6) is 0.183. The highest BCUT2D eigenvalue weighted by atomic mass is 16.2. The maximum absolute atomic E-state index is 12.1. The number of rotatable bonds is 3. The molecular weight excluding hydrogens is 224 g/mol. The summed E-state index contributed by atoms with van der Waals surface area (Å²) in [6, 6.07) is 8.54. The second-order valence-corrected chi connectivity index (χ2v) is 5.28. The Hall–Kier alpha value is -1.35. The van der Waals surface area contributed by atoms with Crippen LogP contribution >= 0.6 is 0 Å². The highest BCUT2D eigenvalue weighted by Crippen LogP contribution is 2.34. The number of nitrogens with two attached hydrogens (primary N) is 1. The van der Waals surface area contributed by atoms with Crippen LogP contribution in [0.5, 0.6) is 0 Å². The minimum absolute atomic E-state index is 0.0352. The van der Waals surface area contributed by atoms with Crippen molar-refractivity contribution in [3.05, 3.63) is 35.4 Å². The molecule has 3 unspecified atom stereocenters. The molecule has 18 heavy (non-hydrogen) atoms. The Morgan fingerprint density at radius 1 is 1.39 bits per heavy atom. The van der Waals surface area contributed by atoms with E-state index < -0.39 is 0 Å². The van der Waals surface area contributed by atoms with Crippen molar-refractivity contribution in [3.8, 4) is 0 Å². The quantitative estimate of drug-likeness (QED) is 0.890. The molecular formula is C15H22N2O. The van der Waals surface area contributed by atoms with Gasteiger partial charge in [0, 0.05) is 18.5 Å². The first-order chi connectivity index (χ1) is 8.54. The molecule has 1 fully saturated rings. The second-order valence-electron chi connectivity index (χ2n) is 5.28. The third-order valence-corrected chi connectivity index (χ3v) is 3.89. The lowest BCUT2D eigenvalue weighted by Gasteiger charge is -2.32.